The number of nitrogens with zero attached hydrogens (tertiary/aromatic N) is 3. The van der Waals surface area contributed by atoms with Crippen LogP contribution in [0.2, 0.25) is 0 Å². The van der Waals surface area contributed by atoms with E-state index in [4.69, 9.17) is 10.0 Å². The molecule has 2 rings (SSSR count). The molecule has 6 nitrogen and oxygen atoms in total. The fourth-order valence-corrected chi connectivity index (χ4v) is 1.87. The SMILES string of the molecule is CC(=NO)C(C)=NOc1cc[n+](CC(=O)c2ccc(C)cc2)cc1. The maximum absolute atomic E-state index is 12.2. The minimum absolute atomic E-state index is 0.0392. The largest absolute Gasteiger partial charge is 0.411 e. The molecule has 0 aliphatic heterocycles. The van der Waals surface area contributed by atoms with Crippen molar-refractivity contribution < 1.29 is 19.4 Å². The van der Waals surface area contributed by atoms with Crippen LogP contribution in [0.5, 0.6) is 5.75 Å². The van der Waals surface area contributed by atoms with Gasteiger partial charge in [0.05, 0.1) is 0 Å². The minimum Gasteiger partial charge on any atom is -0.411 e. The summed E-state index contributed by atoms with van der Waals surface area (Å²) in [6, 6.07) is 10.9. The van der Waals surface area contributed by atoms with Gasteiger partial charge in [-0.15, -0.1) is 0 Å². The molecule has 0 radical (unpaired) electrons. The molecule has 24 heavy (non-hydrogen) atoms. The van der Waals surface area contributed by atoms with Gasteiger partial charge < -0.3 is 10.0 Å². The number of ketones is 1. The first-order chi connectivity index (χ1) is 11.5. The molecule has 0 amide bonds. The summed E-state index contributed by atoms with van der Waals surface area (Å²) in [6.07, 6.45) is 3.50. The minimum atomic E-state index is 0.0392. The molecular formula is C18H20N3O3+. The number of carbonyl (C=O) groups excluding carboxylic acids is 1. The summed E-state index contributed by atoms with van der Waals surface area (Å²) in [5, 5.41) is 15.6. The van der Waals surface area contributed by atoms with Gasteiger partial charge in [0, 0.05) is 17.7 Å². The Hall–Kier alpha value is -3.02. The predicted molar refractivity (Wildman–Crippen MR) is 90.8 cm³/mol. The molecular weight excluding hydrogens is 306 g/mol. The molecule has 1 aromatic heterocycles. The van der Waals surface area contributed by atoms with Crippen LogP contribution >= 0.6 is 0 Å². The zero-order chi connectivity index (χ0) is 17.5. The number of aromatic nitrogens is 1. The molecule has 1 heterocycles. The monoisotopic (exact) mass is 326 g/mol. The smallest absolute Gasteiger partial charge is 0.227 e. The van der Waals surface area contributed by atoms with Crippen LogP contribution in [-0.2, 0) is 6.54 Å². The Bertz CT molecular complexity index is 763. The van der Waals surface area contributed by atoms with Crippen LogP contribution in [-0.4, -0.2) is 22.4 Å². The maximum Gasteiger partial charge on any atom is 0.227 e. The van der Waals surface area contributed by atoms with Gasteiger partial charge in [0.1, 0.15) is 11.4 Å². The molecule has 1 aromatic carbocycles. The fourth-order valence-electron chi connectivity index (χ4n) is 1.87. The molecule has 124 valence electrons. The van der Waals surface area contributed by atoms with Gasteiger partial charge in [-0.05, 0) is 20.8 Å². The van der Waals surface area contributed by atoms with E-state index < -0.39 is 0 Å². The number of benzene rings is 1. The zero-order valence-corrected chi connectivity index (χ0v) is 13.9. The van der Waals surface area contributed by atoms with E-state index in [1.54, 1.807) is 42.9 Å². The highest BCUT2D eigenvalue weighted by Crippen LogP contribution is 2.08. The van der Waals surface area contributed by atoms with Crippen molar-refractivity contribution in [3.05, 3.63) is 59.9 Å². The first-order valence-corrected chi connectivity index (χ1v) is 7.49. The lowest BCUT2D eigenvalue weighted by Crippen LogP contribution is -2.36. The summed E-state index contributed by atoms with van der Waals surface area (Å²) in [5.74, 6) is 0.566. The number of Topliss-reactive ketones (excluding diaryl/α,β-unsaturated/α-hetero) is 1. The van der Waals surface area contributed by atoms with Crippen LogP contribution in [0, 0.1) is 6.92 Å². The van der Waals surface area contributed by atoms with Gasteiger partial charge in [-0.3, -0.25) is 4.79 Å². The Morgan fingerprint density at radius 2 is 1.71 bits per heavy atom. The molecule has 0 bridgehead atoms. The second kappa shape index (κ2) is 8.01. The van der Waals surface area contributed by atoms with Crippen LogP contribution in [0.1, 0.15) is 29.8 Å². The zero-order valence-electron chi connectivity index (χ0n) is 13.9. The third-order valence-electron chi connectivity index (χ3n) is 3.52. The normalized spacial score (nSPS) is 12.1. The van der Waals surface area contributed by atoms with E-state index >= 15 is 0 Å². The number of hydrogen-bond donors (Lipinski definition) is 1. The Morgan fingerprint density at radius 3 is 2.29 bits per heavy atom. The molecule has 0 saturated heterocycles. The van der Waals surface area contributed by atoms with Gasteiger partial charge in [0.2, 0.25) is 12.3 Å². The van der Waals surface area contributed by atoms with Crippen molar-refractivity contribution in [1.29, 1.82) is 0 Å². The van der Waals surface area contributed by atoms with E-state index in [0.717, 1.165) is 5.56 Å². The van der Waals surface area contributed by atoms with Gasteiger partial charge >= 0.3 is 0 Å². The number of rotatable bonds is 6. The average Bonchev–Trinajstić information content (AvgIpc) is 2.60. The summed E-state index contributed by atoms with van der Waals surface area (Å²) in [7, 11) is 0. The summed E-state index contributed by atoms with van der Waals surface area (Å²) < 4.78 is 1.77. The molecule has 0 fully saturated rings. The number of pyridine rings is 1. The Balaban J connectivity index is 1.99. The number of carbonyl (C=O) groups is 1. The number of aryl methyl sites for hydroxylation is 1. The number of oxime groups is 2. The van der Waals surface area contributed by atoms with Gasteiger partial charge in [-0.25, -0.2) is 0 Å². The van der Waals surface area contributed by atoms with Crippen molar-refractivity contribution in [2.45, 2.75) is 27.3 Å². The third kappa shape index (κ3) is 4.74. The van der Waals surface area contributed by atoms with Crippen molar-refractivity contribution in [2.75, 3.05) is 0 Å². The summed E-state index contributed by atoms with van der Waals surface area (Å²) in [6.45, 7) is 5.54. The Labute approximate surface area is 140 Å². The highest BCUT2D eigenvalue weighted by atomic mass is 16.6. The van der Waals surface area contributed by atoms with Crippen LogP contribution in [0.4, 0.5) is 0 Å². The second-order valence-corrected chi connectivity index (χ2v) is 5.45. The van der Waals surface area contributed by atoms with E-state index in [1.165, 1.54) is 0 Å². The molecule has 0 spiro atoms. The molecule has 2 aromatic rings. The van der Waals surface area contributed by atoms with Crippen LogP contribution in [0.3, 0.4) is 0 Å². The van der Waals surface area contributed by atoms with E-state index in [1.807, 2.05) is 31.2 Å². The first-order valence-electron chi connectivity index (χ1n) is 7.49. The number of hydrogen-bond acceptors (Lipinski definition) is 5. The standard InChI is InChI=1S/C18H19N3O3/c1-13-4-6-16(7-5-13)18(22)12-21-10-8-17(9-11-21)24-20-15(3)14(2)19-23/h4-11H,12H2,1-3H3/p+1. The van der Waals surface area contributed by atoms with E-state index in [9.17, 15) is 4.79 Å². The van der Waals surface area contributed by atoms with Crippen molar-refractivity contribution in [2.24, 2.45) is 10.3 Å². The topological polar surface area (TPSA) is 75.1 Å². The Morgan fingerprint density at radius 1 is 1.08 bits per heavy atom. The molecule has 0 saturated carbocycles. The molecule has 1 N–H and O–H groups in total. The third-order valence-corrected chi connectivity index (χ3v) is 3.52. The molecule has 0 aliphatic carbocycles. The summed E-state index contributed by atoms with van der Waals surface area (Å²) >= 11 is 0. The van der Waals surface area contributed by atoms with Crippen LogP contribution in [0.15, 0.2) is 59.1 Å². The first kappa shape index (κ1) is 17.3. The highest BCUT2D eigenvalue weighted by Gasteiger charge is 2.12. The summed E-state index contributed by atoms with van der Waals surface area (Å²) in [5.41, 5.74) is 2.67. The highest BCUT2D eigenvalue weighted by molar-refractivity contribution is 6.40. The lowest BCUT2D eigenvalue weighted by molar-refractivity contribution is -0.683. The molecule has 0 unspecified atom stereocenters. The molecule has 0 atom stereocenters. The fraction of sp³-hybridized carbons (Fsp3) is 0.222. The van der Waals surface area contributed by atoms with Gasteiger partial charge in [-0.1, -0.05) is 40.1 Å². The van der Waals surface area contributed by atoms with Crippen molar-refractivity contribution in [1.82, 2.24) is 0 Å². The molecule has 0 aliphatic rings. The van der Waals surface area contributed by atoms with E-state index in [0.29, 0.717) is 22.7 Å². The molecule has 6 heteroatoms. The average molecular weight is 326 g/mol. The predicted octanol–water partition coefficient (Wildman–Crippen LogP) is 2.77. The van der Waals surface area contributed by atoms with Crippen LogP contribution in [0.25, 0.3) is 0 Å². The van der Waals surface area contributed by atoms with Crippen molar-refractivity contribution in [3.8, 4) is 5.75 Å². The lowest BCUT2D eigenvalue weighted by Gasteiger charge is -2.01. The van der Waals surface area contributed by atoms with Crippen molar-refractivity contribution in [3.63, 3.8) is 0 Å². The lowest BCUT2D eigenvalue weighted by atomic mass is 10.1. The van der Waals surface area contributed by atoms with Crippen LogP contribution < -0.4 is 9.40 Å². The summed E-state index contributed by atoms with van der Waals surface area (Å²) in [4.78, 5) is 17.5. The maximum atomic E-state index is 12.2. The van der Waals surface area contributed by atoms with E-state index in [2.05, 4.69) is 10.3 Å². The van der Waals surface area contributed by atoms with Gasteiger partial charge in [0.25, 0.3) is 0 Å². The van der Waals surface area contributed by atoms with Gasteiger partial charge in [0.15, 0.2) is 18.1 Å². The second-order valence-electron chi connectivity index (χ2n) is 5.45. The Kier molecular flexibility index (Phi) is 5.78. The van der Waals surface area contributed by atoms with E-state index in [-0.39, 0.29) is 12.3 Å². The van der Waals surface area contributed by atoms with Gasteiger partial charge in [-0.2, -0.15) is 4.57 Å². The van der Waals surface area contributed by atoms with Crippen molar-refractivity contribution >= 4 is 17.2 Å². The quantitative estimate of drug-likeness (QED) is 0.292.